The number of hydrogen-bond donors (Lipinski definition) is 1. The van der Waals surface area contributed by atoms with E-state index in [1.807, 2.05) is 30.5 Å². The predicted octanol–water partition coefficient (Wildman–Crippen LogP) is 2.99. The van der Waals surface area contributed by atoms with Crippen molar-refractivity contribution in [3.63, 3.8) is 0 Å². The SMILES string of the molecule is CCCn1cncc1C(O)c1cc(C)cc(C)c1. The molecule has 1 aromatic heterocycles. The average molecular weight is 244 g/mol. The third-order valence-corrected chi connectivity index (χ3v) is 3.05. The van der Waals surface area contributed by atoms with E-state index in [9.17, 15) is 5.11 Å². The fourth-order valence-electron chi connectivity index (χ4n) is 2.32. The van der Waals surface area contributed by atoms with Crippen LogP contribution in [0.2, 0.25) is 0 Å². The molecule has 1 atom stereocenters. The number of aromatic nitrogens is 2. The zero-order chi connectivity index (χ0) is 13.1. The molecule has 0 radical (unpaired) electrons. The van der Waals surface area contributed by atoms with Crippen molar-refractivity contribution >= 4 is 0 Å². The molecule has 0 saturated carbocycles. The summed E-state index contributed by atoms with van der Waals surface area (Å²) in [6.45, 7) is 7.10. The van der Waals surface area contributed by atoms with E-state index in [1.165, 1.54) is 11.1 Å². The summed E-state index contributed by atoms with van der Waals surface area (Å²) in [7, 11) is 0. The van der Waals surface area contributed by atoms with E-state index in [4.69, 9.17) is 0 Å². The molecular formula is C15H20N2O. The van der Waals surface area contributed by atoms with Gasteiger partial charge in [-0.25, -0.2) is 4.98 Å². The van der Waals surface area contributed by atoms with Gasteiger partial charge in [0.1, 0.15) is 6.10 Å². The molecule has 0 bridgehead atoms. The number of aliphatic hydroxyl groups is 1. The number of nitrogens with zero attached hydrogens (tertiary/aromatic N) is 2. The third kappa shape index (κ3) is 2.62. The Morgan fingerprint density at radius 3 is 2.50 bits per heavy atom. The van der Waals surface area contributed by atoms with Crippen LogP contribution >= 0.6 is 0 Å². The van der Waals surface area contributed by atoms with Gasteiger partial charge in [-0.3, -0.25) is 0 Å². The molecule has 1 aromatic carbocycles. The normalized spacial score (nSPS) is 12.7. The fourth-order valence-corrected chi connectivity index (χ4v) is 2.32. The average Bonchev–Trinajstić information content (AvgIpc) is 2.75. The third-order valence-electron chi connectivity index (χ3n) is 3.05. The maximum atomic E-state index is 10.5. The van der Waals surface area contributed by atoms with Crippen LogP contribution in [0.15, 0.2) is 30.7 Å². The highest BCUT2D eigenvalue weighted by atomic mass is 16.3. The zero-order valence-corrected chi connectivity index (χ0v) is 11.2. The Morgan fingerprint density at radius 1 is 1.22 bits per heavy atom. The van der Waals surface area contributed by atoms with Crippen molar-refractivity contribution in [1.29, 1.82) is 0 Å². The van der Waals surface area contributed by atoms with E-state index in [1.54, 1.807) is 12.5 Å². The number of imidazole rings is 1. The molecule has 1 unspecified atom stereocenters. The minimum Gasteiger partial charge on any atom is -0.382 e. The standard InChI is InChI=1S/C15H20N2O/c1-4-5-17-10-16-9-14(17)15(18)13-7-11(2)6-12(3)8-13/h6-10,15,18H,4-5H2,1-3H3. The molecule has 0 fully saturated rings. The van der Waals surface area contributed by atoms with Gasteiger partial charge in [0.25, 0.3) is 0 Å². The summed E-state index contributed by atoms with van der Waals surface area (Å²) in [5, 5.41) is 10.5. The molecule has 0 aliphatic heterocycles. The van der Waals surface area contributed by atoms with Crippen molar-refractivity contribution in [3.05, 3.63) is 53.1 Å². The molecule has 1 heterocycles. The topological polar surface area (TPSA) is 38.0 Å². The van der Waals surface area contributed by atoms with E-state index < -0.39 is 6.10 Å². The minimum atomic E-state index is -0.599. The van der Waals surface area contributed by atoms with Crippen LogP contribution < -0.4 is 0 Å². The Labute approximate surface area is 108 Å². The highest BCUT2D eigenvalue weighted by Gasteiger charge is 2.15. The Hall–Kier alpha value is -1.61. The first kappa shape index (κ1) is 12.8. The maximum absolute atomic E-state index is 10.5. The highest BCUT2D eigenvalue weighted by Crippen LogP contribution is 2.23. The molecule has 1 N–H and O–H groups in total. The Balaban J connectivity index is 2.34. The summed E-state index contributed by atoms with van der Waals surface area (Å²) in [5.74, 6) is 0. The van der Waals surface area contributed by atoms with E-state index >= 15 is 0 Å². The van der Waals surface area contributed by atoms with Crippen LogP contribution in [0.1, 0.15) is 41.8 Å². The lowest BCUT2D eigenvalue weighted by Gasteiger charge is -2.15. The molecule has 0 aliphatic rings. The van der Waals surface area contributed by atoms with Crippen molar-refractivity contribution in [2.75, 3.05) is 0 Å². The first-order valence-electron chi connectivity index (χ1n) is 6.38. The molecule has 3 nitrogen and oxygen atoms in total. The van der Waals surface area contributed by atoms with Gasteiger partial charge in [0.05, 0.1) is 18.2 Å². The lowest BCUT2D eigenvalue weighted by Crippen LogP contribution is -2.08. The largest absolute Gasteiger partial charge is 0.382 e. The van der Waals surface area contributed by atoms with Crippen molar-refractivity contribution in [2.45, 2.75) is 39.8 Å². The molecule has 2 aromatic rings. The second-order valence-corrected chi connectivity index (χ2v) is 4.84. The predicted molar refractivity (Wildman–Crippen MR) is 72.5 cm³/mol. The minimum absolute atomic E-state index is 0.599. The van der Waals surface area contributed by atoms with Gasteiger partial charge in [-0.15, -0.1) is 0 Å². The molecule has 0 amide bonds. The highest BCUT2D eigenvalue weighted by molar-refractivity contribution is 5.33. The molecule has 0 aliphatic carbocycles. The summed E-state index contributed by atoms with van der Waals surface area (Å²) in [5.41, 5.74) is 4.14. The summed E-state index contributed by atoms with van der Waals surface area (Å²) in [4.78, 5) is 4.14. The number of hydrogen-bond acceptors (Lipinski definition) is 2. The monoisotopic (exact) mass is 244 g/mol. The van der Waals surface area contributed by atoms with Gasteiger partial charge in [0.2, 0.25) is 0 Å². The van der Waals surface area contributed by atoms with Crippen molar-refractivity contribution in [1.82, 2.24) is 9.55 Å². The van der Waals surface area contributed by atoms with Crippen LogP contribution in [0.3, 0.4) is 0 Å². The summed E-state index contributed by atoms with van der Waals surface area (Å²) < 4.78 is 2.02. The van der Waals surface area contributed by atoms with Crippen LogP contribution in [0.25, 0.3) is 0 Å². The van der Waals surface area contributed by atoms with Gasteiger partial charge in [-0.2, -0.15) is 0 Å². The molecule has 0 spiro atoms. The Bertz CT molecular complexity index is 511. The van der Waals surface area contributed by atoms with Crippen LogP contribution in [-0.2, 0) is 6.54 Å². The number of benzene rings is 1. The van der Waals surface area contributed by atoms with Gasteiger partial charge in [0.15, 0.2) is 0 Å². The quantitative estimate of drug-likeness (QED) is 0.897. The van der Waals surface area contributed by atoms with Gasteiger partial charge >= 0.3 is 0 Å². The van der Waals surface area contributed by atoms with Crippen LogP contribution in [-0.4, -0.2) is 14.7 Å². The van der Waals surface area contributed by atoms with E-state index in [0.717, 1.165) is 24.2 Å². The van der Waals surface area contributed by atoms with E-state index in [2.05, 4.69) is 18.0 Å². The molecule has 18 heavy (non-hydrogen) atoms. The number of aliphatic hydroxyl groups excluding tert-OH is 1. The second-order valence-electron chi connectivity index (χ2n) is 4.84. The first-order chi connectivity index (χ1) is 8.61. The Morgan fingerprint density at radius 2 is 1.89 bits per heavy atom. The lowest BCUT2D eigenvalue weighted by atomic mass is 10.0. The number of aryl methyl sites for hydroxylation is 3. The van der Waals surface area contributed by atoms with Gasteiger partial charge in [-0.05, 0) is 25.8 Å². The molecule has 0 saturated heterocycles. The van der Waals surface area contributed by atoms with Crippen LogP contribution in [0, 0.1) is 13.8 Å². The number of rotatable bonds is 4. The first-order valence-corrected chi connectivity index (χ1v) is 6.38. The molecule has 96 valence electrons. The van der Waals surface area contributed by atoms with Crippen molar-refractivity contribution < 1.29 is 5.11 Å². The van der Waals surface area contributed by atoms with Crippen molar-refractivity contribution in [3.8, 4) is 0 Å². The summed E-state index contributed by atoms with van der Waals surface area (Å²) >= 11 is 0. The van der Waals surface area contributed by atoms with Gasteiger partial charge in [0, 0.05) is 6.54 Å². The lowest BCUT2D eigenvalue weighted by molar-refractivity contribution is 0.209. The van der Waals surface area contributed by atoms with Crippen LogP contribution in [0.5, 0.6) is 0 Å². The molecular weight excluding hydrogens is 224 g/mol. The smallest absolute Gasteiger partial charge is 0.121 e. The van der Waals surface area contributed by atoms with Gasteiger partial charge in [-0.1, -0.05) is 36.2 Å². The Kier molecular flexibility index (Phi) is 3.82. The van der Waals surface area contributed by atoms with E-state index in [-0.39, 0.29) is 0 Å². The van der Waals surface area contributed by atoms with E-state index in [0.29, 0.717) is 0 Å². The summed E-state index contributed by atoms with van der Waals surface area (Å²) in [6, 6.07) is 6.17. The second kappa shape index (κ2) is 5.36. The maximum Gasteiger partial charge on any atom is 0.121 e. The molecule has 2 rings (SSSR count). The summed E-state index contributed by atoms with van der Waals surface area (Å²) in [6.07, 6.45) is 3.96. The molecule has 3 heteroatoms. The van der Waals surface area contributed by atoms with Crippen molar-refractivity contribution in [2.24, 2.45) is 0 Å². The fraction of sp³-hybridized carbons (Fsp3) is 0.400. The zero-order valence-electron chi connectivity index (χ0n) is 11.2. The van der Waals surface area contributed by atoms with Crippen LogP contribution in [0.4, 0.5) is 0 Å². The van der Waals surface area contributed by atoms with Gasteiger partial charge < -0.3 is 9.67 Å².